The Morgan fingerprint density at radius 1 is 1.15 bits per heavy atom. The smallest absolute Gasteiger partial charge is 0.244 e. The van der Waals surface area contributed by atoms with Crippen molar-refractivity contribution >= 4 is 27.3 Å². The number of sulfonamides is 1. The number of hydrogen-bond donors (Lipinski definition) is 3. The number of carbonyl (C=O) groups excluding carboxylic acids is 1. The molecule has 0 fully saturated rings. The van der Waals surface area contributed by atoms with E-state index >= 15 is 0 Å². The summed E-state index contributed by atoms with van der Waals surface area (Å²) in [5.74, 6) is -1.21. The fourth-order valence-electron chi connectivity index (χ4n) is 2.48. The van der Waals surface area contributed by atoms with Crippen molar-refractivity contribution in [2.24, 2.45) is 0 Å². The largest absolute Gasteiger partial charge is 0.399 e. The van der Waals surface area contributed by atoms with Gasteiger partial charge in [0.05, 0.1) is 0 Å². The van der Waals surface area contributed by atoms with Gasteiger partial charge in [-0.25, -0.2) is 17.5 Å². The highest BCUT2D eigenvalue weighted by Crippen LogP contribution is 2.21. The normalized spacial score (nSPS) is 12.0. The number of halogens is 1. The number of anilines is 2. The minimum atomic E-state index is -4.06. The average molecular weight is 393 g/mol. The van der Waals surface area contributed by atoms with Crippen LogP contribution < -0.4 is 15.8 Å². The van der Waals surface area contributed by atoms with E-state index < -0.39 is 26.3 Å². The van der Waals surface area contributed by atoms with Gasteiger partial charge in [-0.2, -0.15) is 0 Å². The highest BCUT2D eigenvalue weighted by atomic mass is 32.2. The van der Waals surface area contributed by atoms with Crippen molar-refractivity contribution in [2.45, 2.75) is 44.0 Å². The van der Waals surface area contributed by atoms with Gasteiger partial charge in [-0.3, -0.25) is 4.79 Å². The molecule has 8 heteroatoms. The van der Waals surface area contributed by atoms with Crippen LogP contribution in [0.1, 0.15) is 32.8 Å². The van der Waals surface area contributed by atoms with Gasteiger partial charge in [-0.05, 0) is 57.0 Å². The molecule has 27 heavy (non-hydrogen) atoms. The van der Waals surface area contributed by atoms with Crippen molar-refractivity contribution < 1.29 is 17.6 Å². The number of aryl methyl sites for hydroxylation is 1. The molecular weight excluding hydrogens is 369 g/mol. The first kappa shape index (κ1) is 20.9. The van der Waals surface area contributed by atoms with Crippen LogP contribution in [-0.4, -0.2) is 19.9 Å². The lowest BCUT2D eigenvalue weighted by molar-refractivity contribution is -0.116. The molecule has 0 aliphatic carbocycles. The number of nitrogen functional groups attached to an aromatic ring is 1. The van der Waals surface area contributed by atoms with Crippen molar-refractivity contribution in [2.75, 3.05) is 11.1 Å². The molecular formula is C19H24FN3O3S. The summed E-state index contributed by atoms with van der Waals surface area (Å²) >= 11 is 0. The molecule has 4 N–H and O–H groups in total. The van der Waals surface area contributed by atoms with Crippen LogP contribution in [-0.2, 0) is 21.2 Å². The van der Waals surface area contributed by atoms with Gasteiger partial charge in [-0.1, -0.05) is 18.2 Å². The van der Waals surface area contributed by atoms with E-state index in [-0.39, 0.29) is 18.0 Å². The minimum absolute atomic E-state index is 0.161. The van der Waals surface area contributed by atoms with Gasteiger partial charge in [0.25, 0.3) is 0 Å². The van der Waals surface area contributed by atoms with Gasteiger partial charge >= 0.3 is 0 Å². The number of carbonyl (C=O) groups is 1. The summed E-state index contributed by atoms with van der Waals surface area (Å²) in [4.78, 5) is 11.6. The maximum atomic E-state index is 14.0. The van der Waals surface area contributed by atoms with Crippen molar-refractivity contribution in [1.82, 2.24) is 4.72 Å². The summed E-state index contributed by atoms with van der Waals surface area (Å²) < 4.78 is 41.2. The monoisotopic (exact) mass is 393 g/mol. The summed E-state index contributed by atoms with van der Waals surface area (Å²) in [6, 6.07) is 10.7. The van der Waals surface area contributed by atoms with Crippen LogP contribution in [0, 0.1) is 5.82 Å². The highest BCUT2D eigenvalue weighted by Gasteiger charge is 2.25. The van der Waals surface area contributed by atoms with Crippen LogP contribution in [0.25, 0.3) is 0 Å². The van der Waals surface area contributed by atoms with Crippen LogP contribution in [0.5, 0.6) is 0 Å². The Kier molecular flexibility index (Phi) is 6.22. The van der Waals surface area contributed by atoms with Gasteiger partial charge in [0.15, 0.2) is 0 Å². The zero-order chi connectivity index (χ0) is 20.2. The van der Waals surface area contributed by atoms with Crippen LogP contribution >= 0.6 is 0 Å². The Balaban J connectivity index is 2.11. The molecule has 0 radical (unpaired) electrons. The lowest BCUT2D eigenvalue weighted by Crippen LogP contribution is -2.40. The molecule has 0 bridgehead atoms. The number of para-hydroxylation sites is 1. The number of nitrogens with two attached hydrogens (primary N) is 1. The van der Waals surface area contributed by atoms with Gasteiger partial charge < -0.3 is 11.1 Å². The van der Waals surface area contributed by atoms with Gasteiger partial charge in [0.1, 0.15) is 10.7 Å². The zero-order valence-corrected chi connectivity index (χ0v) is 16.4. The summed E-state index contributed by atoms with van der Waals surface area (Å²) in [6.45, 7) is 4.97. The molecule has 0 spiro atoms. The van der Waals surface area contributed by atoms with Crippen LogP contribution in [0.2, 0.25) is 0 Å². The van der Waals surface area contributed by atoms with E-state index in [2.05, 4.69) is 10.0 Å². The van der Waals surface area contributed by atoms with Gasteiger partial charge in [-0.15, -0.1) is 0 Å². The number of hydrogen-bond acceptors (Lipinski definition) is 4. The molecule has 2 aromatic carbocycles. The van der Waals surface area contributed by atoms with E-state index in [4.69, 9.17) is 5.73 Å². The van der Waals surface area contributed by atoms with Crippen molar-refractivity contribution in [3.8, 4) is 0 Å². The number of benzene rings is 2. The van der Waals surface area contributed by atoms with Crippen molar-refractivity contribution in [1.29, 1.82) is 0 Å². The van der Waals surface area contributed by atoms with E-state index in [1.54, 1.807) is 26.8 Å². The molecule has 0 saturated carbocycles. The molecule has 0 heterocycles. The fraction of sp³-hybridized carbons (Fsp3) is 0.316. The second-order valence-electron chi connectivity index (χ2n) is 7.25. The van der Waals surface area contributed by atoms with Crippen LogP contribution in [0.15, 0.2) is 47.4 Å². The Labute approximate surface area is 159 Å². The molecule has 0 aliphatic heterocycles. The molecule has 1 amide bonds. The lowest BCUT2D eigenvalue weighted by Gasteiger charge is -2.20. The predicted octanol–water partition coefficient (Wildman–Crippen LogP) is 3.06. The van der Waals surface area contributed by atoms with E-state index in [0.717, 1.165) is 17.7 Å². The predicted molar refractivity (Wildman–Crippen MR) is 104 cm³/mol. The van der Waals surface area contributed by atoms with Gasteiger partial charge in [0.2, 0.25) is 15.9 Å². The number of rotatable bonds is 6. The second kappa shape index (κ2) is 8.06. The maximum absolute atomic E-state index is 14.0. The topological polar surface area (TPSA) is 101 Å². The van der Waals surface area contributed by atoms with Crippen molar-refractivity contribution in [3.05, 3.63) is 53.8 Å². The molecule has 0 aromatic heterocycles. The van der Waals surface area contributed by atoms with E-state index in [0.29, 0.717) is 12.1 Å². The van der Waals surface area contributed by atoms with E-state index in [9.17, 15) is 17.6 Å². The maximum Gasteiger partial charge on any atom is 0.244 e. The first-order chi connectivity index (χ1) is 12.5. The number of amides is 1. The SMILES string of the molecule is CC(C)(C)NS(=O)(=O)c1cc(NC(=O)CCc2ccccc2N)ccc1F. The fourth-order valence-corrected chi connectivity index (χ4v) is 4.00. The minimum Gasteiger partial charge on any atom is -0.399 e. The Bertz CT molecular complexity index is 937. The first-order valence-corrected chi connectivity index (χ1v) is 9.93. The lowest BCUT2D eigenvalue weighted by atomic mass is 10.1. The standard InChI is InChI=1S/C19H24FN3O3S/c1-19(2,3)23-27(25,26)17-12-14(9-10-15(17)20)22-18(24)11-8-13-6-4-5-7-16(13)21/h4-7,9-10,12,23H,8,11,21H2,1-3H3,(H,22,24). The molecule has 0 unspecified atom stereocenters. The van der Waals surface area contributed by atoms with Crippen molar-refractivity contribution in [3.63, 3.8) is 0 Å². The Morgan fingerprint density at radius 3 is 2.44 bits per heavy atom. The number of nitrogens with one attached hydrogen (secondary N) is 2. The first-order valence-electron chi connectivity index (χ1n) is 8.45. The molecule has 0 aliphatic rings. The average Bonchev–Trinajstić information content (AvgIpc) is 2.53. The molecule has 2 aromatic rings. The molecule has 6 nitrogen and oxygen atoms in total. The molecule has 0 atom stereocenters. The third-order valence-corrected chi connectivity index (χ3v) is 5.39. The van der Waals surface area contributed by atoms with Crippen LogP contribution in [0.4, 0.5) is 15.8 Å². The quantitative estimate of drug-likeness (QED) is 0.657. The molecule has 0 saturated heterocycles. The second-order valence-corrected chi connectivity index (χ2v) is 8.90. The third kappa shape index (κ3) is 6.04. The van der Waals surface area contributed by atoms with Gasteiger partial charge in [0, 0.05) is 23.3 Å². The van der Waals surface area contributed by atoms with E-state index in [1.807, 2.05) is 18.2 Å². The Morgan fingerprint density at radius 2 is 1.81 bits per heavy atom. The highest BCUT2D eigenvalue weighted by molar-refractivity contribution is 7.89. The summed E-state index contributed by atoms with van der Waals surface area (Å²) in [5.41, 5.74) is 6.75. The van der Waals surface area contributed by atoms with Crippen LogP contribution in [0.3, 0.4) is 0 Å². The van der Waals surface area contributed by atoms with E-state index in [1.165, 1.54) is 6.07 Å². The molecule has 146 valence electrons. The summed E-state index contributed by atoms with van der Waals surface area (Å²) in [5, 5.41) is 2.60. The summed E-state index contributed by atoms with van der Waals surface area (Å²) in [7, 11) is -4.06. The third-order valence-electron chi connectivity index (χ3n) is 3.62. The zero-order valence-electron chi connectivity index (χ0n) is 15.5. The Hall–Kier alpha value is -2.45. The summed E-state index contributed by atoms with van der Waals surface area (Å²) in [6.07, 6.45) is 0.602. The molecule has 2 rings (SSSR count).